The summed E-state index contributed by atoms with van der Waals surface area (Å²) in [5, 5.41) is 11.0. The molecule has 1 N–H and O–H groups in total. The van der Waals surface area contributed by atoms with Crippen LogP contribution in [0.15, 0.2) is 60.0 Å². The number of aryl methyl sites for hydroxylation is 1. The Labute approximate surface area is 169 Å². The molecule has 1 atom stereocenters. The van der Waals surface area contributed by atoms with Crippen molar-refractivity contribution in [1.29, 1.82) is 0 Å². The summed E-state index contributed by atoms with van der Waals surface area (Å²) >= 11 is 0. The lowest BCUT2D eigenvalue weighted by atomic mass is 10.1. The van der Waals surface area contributed by atoms with Gasteiger partial charge >= 0.3 is 5.97 Å². The normalized spacial score (nSPS) is 17.1. The Bertz CT molecular complexity index is 1050. The van der Waals surface area contributed by atoms with Crippen LogP contribution in [0.5, 0.6) is 5.75 Å². The van der Waals surface area contributed by atoms with Gasteiger partial charge in [0, 0.05) is 12.0 Å². The molecule has 0 aromatic heterocycles. The molecule has 152 valence electrons. The molecule has 0 saturated heterocycles. The maximum atomic E-state index is 12.8. The van der Waals surface area contributed by atoms with Gasteiger partial charge in [0.15, 0.2) is 16.4 Å². The molecule has 0 bridgehead atoms. The summed E-state index contributed by atoms with van der Waals surface area (Å²) in [6, 6.07) is 13.0. The fourth-order valence-electron chi connectivity index (χ4n) is 3.03. The highest BCUT2D eigenvalue weighted by Gasteiger charge is 2.31. The van der Waals surface area contributed by atoms with Crippen molar-refractivity contribution in [2.45, 2.75) is 19.5 Å². The monoisotopic (exact) mass is 415 g/mol. The van der Waals surface area contributed by atoms with Crippen LogP contribution in [0.3, 0.4) is 0 Å². The van der Waals surface area contributed by atoms with Crippen LogP contribution in [-0.4, -0.2) is 48.7 Å². The summed E-state index contributed by atoms with van der Waals surface area (Å²) in [4.78, 5) is 26.4. The number of ether oxygens (including phenoxy) is 1. The summed E-state index contributed by atoms with van der Waals surface area (Å²) in [5.41, 5.74) is 1.56. The standard InChI is InChI=1S/C21H21NO6S/c1-15-7-8-18(19(23)11-15)21(25)28-13-20(24)22(12-16-5-3-2-4-6-16)17-9-10-29(26,27)14-17/h2-11,17,23H,12-14H2,1H3/t17-/m0/s1. The van der Waals surface area contributed by atoms with Crippen molar-refractivity contribution in [2.75, 3.05) is 12.4 Å². The Hall–Kier alpha value is -3.13. The lowest BCUT2D eigenvalue weighted by Gasteiger charge is -2.27. The SMILES string of the molecule is Cc1ccc(C(=O)OCC(=O)N(Cc2ccccc2)[C@H]2C=CS(=O)(=O)C2)c(O)c1. The van der Waals surface area contributed by atoms with Crippen LogP contribution in [0.25, 0.3) is 0 Å². The minimum absolute atomic E-state index is 0.0404. The molecule has 0 saturated carbocycles. The average Bonchev–Trinajstić information content (AvgIpc) is 3.04. The number of hydrogen-bond acceptors (Lipinski definition) is 6. The van der Waals surface area contributed by atoms with Crippen molar-refractivity contribution >= 4 is 21.7 Å². The molecular weight excluding hydrogens is 394 g/mol. The highest BCUT2D eigenvalue weighted by molar-refractivity contribution is 7.94. The fraction of sp³-hybridized carbons (Fsp3) is 0.238. The summed E-state index contributed by atoms with van der Waals surface area (Å²) in [6.07, 6.45) is 1.46. The van der Waals surface area contributed by atoms with Crippen molar-refractivity contribution in [2.24, 2.45) is 0 Å². The van der Waals surface area contributed by atoms with E-state index in [-0.39, 0.29) is 23.6 Å². The molecule has 0 spiro atoms. The highest BCUT2D eigenvalue weighted by atomic mass is 32.2. The molecule has 2 aromatic rings. The summed E-state index contributed by atoms with van der Waals surface area (Å²) in [7, 11) is -3.37. The number of carbonyl (C=O) groups is 2. The summed E-state index contributed by atoms with van der Waals surface area (Å²) in [5.74, 6) is -1.79. The van der Waals surface area contributed by atoms with Crippen LogP contribution in [0.1, 0.15) is 21.5 Å². The molecule has 8 heteroatoms. The number of aromatic hydroxyl groups is 1. The first-order valence-corrected chi connectivity index (χ1v) is 10.7. The molecule has 0 aliphatic carbocycles. The van der Waals surface area contributed by atoms with E-state index in [1.54, 1.807) is 13.0 Å². The lowest BCUT2D eigenvalue weighted by molar-refractivity contribution is -0.136. The third kappa shape index (κ3) is 5.23. The minimum atomic E-state index is -3.37. The maximum absolute atomic E-state index is 12.8. The largest absolute Gasteiger partial charge is 0.507 e. The molecule has 1 heterocycles. The Morgan fingerprint density at radius 2 is 1.90 bits per heavy atom. The van der Waals surface area contributed by atoms with E-state index in [9.17, 15) is 23.1 Å². The minimum Gasteiger partial charge on any atom is -0.507 e. The van der Waals surface area contributed by atoms with Gasteiger partial charge in [0.25, 0.3) is 5.91 Å². The van der Waals surface area contributed by atoms with Gasteiger partial charge in [-0.3, -0.25) is 4.79 Å². The molecule has 1 amide bonds. The second-order valence-corrected chi connectivity index (χ2v) is 8.76. The Kier molecular flexibility index (Phi) is 6.03. The van der Waals surface area contributed by atoms with Gasteiger partial charge in [-0.2, -0.15) is 0 Å². The molecule has 29 heavy (non-hydrogen) atoms. The molecule has 7 nitrogen and oxygen atoms in total. The molecule has 3 rings (SSSR count). The summed E-state index contributed by atoms with van der Waals surface area (Å²) < 4.78 is 28.7. The third-order valence-corrected chi connectivity index (χ3v) is 5.91. The fourth-order valence-corrected chi connectivity index (χ4v) is 4.33. The maximum Gasteiger partial charge on any atom is 0.342 e. The average molecular weight is 415 g/mol. The molecule has 0 fully saturated rings. The van der Waals surface area contributed by atoms with E-state index in [2.05, 4.69) is 0 Å². The molecule has 2 aromatic carbocycles. The van der Waals surface area contributed by atoms with E-state index in [1.165, 1.54) is 23.1 Å². The lowest BCUT2D eigenvalue weighted by Crippen LogP contribution is -2.42. The van der Waals surface area contributed by atoms with Crippen molar-refractivity contribution in [3.8, 4) is 5.75 Å². The van der Waals surface area contributed by atoms with Gasteiger partial charge in [-0.05, 0) is 36.3 Å². The second kappa shape index (κ2) is 8.48. The predicted octanol–water partition coefficient (Wildman–Crippen LogP) is 2.20. The number of hydrogen-bond donors (Lipinski definition) is 1. The van der Waals surface area contributed by atoms with E-state index in [0.717, 1.165) is 16.5 Å². The quantitative estimate of drug-likeness (QED) is 0.726. The van der Waals surface area contributed by atoms with Gasteiger partial charge in [-0.25, -0.2) is 13.2 Å². The first-order chi connectivity index (χ1) is 13.7. The van der Waals surface area contributed by atoms with E-state index >= 15 is 0 Å². The predicted molar refractivity (Wildman–Crippen MR) is 107 cm³/mol. The van der Waals surface area contributed by atoms with Gasteiger partial charge < -0.3 is 14.7 Å². The van der Waals surface area contributed by atoms with Crippen molar-refractivity contribution < 1.29 is 27.9 Å². The summed E-state index contributed by atoms with van der Waals surface area (Å²) in [6.45, 7) is 1.38. The third-order valence-electron chi connectivity index (χ3n) is 4.53. The number of sulfone groups is 1. The molecular formula is C21H21NO6S. The van der Waals surface area contributed by atoms with E-state index < -0.39 is 34.4 Å². The van der Waals surface area contributed by atoms with Crippen LogP contribution in [0.2, 0.25) is 0 Å². The van der Waals surface area contributed by atoms with E-state index in [4.69, 9.17) is 4.74 Å². The smallest absolute Gasteiger partial charge is 0.342 e. The number of nitrogens with zero attached hydrogens (tertiary/aromatic N) is 1. The zero-order chi connectivity index (χ0) is 21.0. The van der Waals surface area contributed by atoms with Gasteiger partial charge in [-0.1, -0.05) is 36.4 Å². The Morgan fingerprint density at radius 1 is 1.17 bits per heavy atom. The first kappa shape index (κ1) is 20.6. The van der Waals surface area contributed by atoms with Crippen molar-refractivity contribution in [1.82, 2.24) is 4.90 Å². The number of esters is 1. The van der Waals surface area contributed by atoms with E-state index in [1.807, 2.05) is 30.3 Å². The van der Waals surface area contributed by atoms with Crippen molar-refractivity contribution in [3.05, 3.63) is 76.7 Å². The van der Waals surface area contributed by atoms with Crippen LogP contribution in [0, 0.1) is 6.92 Å². The zero-order valence-corrected chi connectivity index (χ0v) is 16.6. The van der Waals surface area contributed by atoms with Crippen LogP contribution < -0.4 is 0 Å². The van der Waals surface area contributed by atoms with Crippen LogP contribution >= 0.6 is 0 Å². The number of phenolic OH excluding ortho intramolecular Hbond substituents is 1. The second-order valence-electron chi connectivity index (χ2n) is 6.83. The number of carbonyl (C=O) groups excluding carboxylic acids is 2. The van der Waals surface area contributed by atoms with Crippen molar-refractivity contribution in [3.63, 3.8) is 0 Å². The molecule has 1 aliphatic rings. The topological polar surface area (TPSA) is 101 Å². The number of benzene rings is 2. The number of amides is 1. The van der Waals surface area contributed by atoms with E-state index in [0.29, 0.717) is 0 Å². The Morgan fingerprint density at radius 3 is 2.52 bits per heavy atom. The van der Waals surface area contributed by atoms with Gasteiger partial charge in [0.2, 0.25) is 0 Å². The number of rotatable bonds is 6. The number of phenols is 1. The van der Waals surface area contributed by atoms with Gasteiger partial charge in [0.05, 0.1) is 11.8 Å². The molecule has 0 radical (unpaired) electrons. The van der Waals surface area contributed by atoms with Gasteiger partial charge in [-0.15, -0.1) is 0 Å². The zero-order valence-electron chi connectivity index (χ0n) is 15.8. The van der Waals surface area contributed by atoms with Gasteiger partial charge in [0.1, 0.15) is 11.3 Å². The Balaban J connectivity index is 1.72. The molecule has 1 aliphatic heterocycles. The van der Waals surface area contributed by atoms with Crippen LogP contribution in [-0.2, 0) is 25.9 Å². The first-order valence-electron chi connectivity index (χ1n) is 8.96. The molecule has 0 unspecified atom stereocenters. The van der Waals surface area contributed by atoms with Crippen LogP contribution in [0.4, 0.5) is 0 Å². The highest BCUT2D eigenvalue weighted by Crippen LogP contribution is 2.21.